The van der Waals surface area contributed by atoms with Crippen molar-refractivity contribution in [3.8, 4) is 17.1 Å². The number of hydrogen-bond donors (Lipinski definition) is 1. The van der Waals surface area contributed by atoms with Crippen molar-refractivity contribution in [2.24, 2.45) is 5.73 Å². The summed E-state index contributed by atoms with van der Waals surface area (Å²) >= 11 is 0. The molecule has 0 amide bonds. The smallest absolute Gasteiger partial charge is 0.326 e. The van der Waals surface area contributed by atoms with Crippen LogP contribution in [0.3, 0.4) is 0 Å². The number of sulfone groups is 1. The predicted octanol–water partition coefficient (Wildman–Crippen LogP) is 3.42. The molecule has 2 aromatic carbocycles. The van der Waals surface area contributed by atoms with Crippen LogP contribution in [0.5, 0.6) is 0 Å². The molecule has 27 heavy (non-hydrogen) atoms. The van der Waals surface area contributed by atoms with Crippen molar-refractivity contribution in [1.82, 2.24) is 9.55 Å². The number of hydrogen-bond acceptors (Lipinski definition) is 4. The minimum Gasteiger partial charge on any atom is -0.326 e. The third kappa shape index (κ3) is 4.04. The lowest BCUT2D eigenvalue weighted by Crippen LogP contribution is -2.05. The van der Waals surface area contributed by atoms with E-state index < -0.39 is 21.7 Å². The van der Waals surface area contributed by atoms with Crippen LogP contribution in [0.25, 0.3) is 17.1 Å². The number of benzene rings is 2. The van der Waals surface area contributed by atoms with E-state index in [2.05, 4.69) is 4.98 Å². The SMILES string of the molecule is CS(=O)(=O)c1ccc(-n2cc(C(F)(F)F)nc2-c2ccc(CN)cc2)cc1. The molecule has 0 atom stereocenters. The number of rotatable bonds is 4. The van der Waals surface area contributed by atoms with Crippen LogP contribution in [0.1, 0.15) is 11.3 Å². The maximum absolute atomic E-state index is 13.2. The molecule has 1 heterocycles. The van der Waals surface area contributed by atoms with Gasteiger partial charge in [-0.2, -0.15) is 13.2 Å². The molecule has 0 aliphatic carbocycles. The number of alkyl halides is 3. The van der Waals surface area contributed by atoms with E-state index >= 15 is 0 Å². The van der Waals surface area contributed by atoms with Gasteiger partial charge in [0.25, 0.3) is 0 Å². The molecule has 0 saturated carbocycles. The van der Waals surface area contributed by atoms with Crippen LogP contribution in [0.15, 0.2) is 59.6 Å². The summed E-state index contributed by atoms with van der Waals surface area (Å²) in [4.78, 5) is 3.82. The molecule has 0 aliphatic rings. The third-order valence-corrected chi connectivity index (χ3v) is 5.12. The second-order valence-electron chi connectivity index (χ2n) is 5.98. The predicted molar refractivity (Wildman–Crippen MR) is 95.0 cm³/mol. The van der Waals surface area contributed by atoms with E-state index in [4.69, 9.17) is 5.73 Å². The van der Waals surface area contributed by atoms with Crippen molar-refractivity contribution < 1.29 is 21.6 Å². The Labute approximate surface area is 154 Å². The Morgan fingerprint density at radius 2 is 1.63 bits per heavy atom. The van der Waals surface area contributed by atoms with E-state index in [1.807, 2.05) is 0 Å². The van der Waals surface area contributed by atoms with Crippen molar-refractivity contribution in [1.29, 1.82) is 0 Å². The largest absolute Gasteiger partial charge is 0.434 e. The minimum absolute atomic E-state index is 0.0799. The van der Waals surface area contributed by atoms with Crippen molar-refractivity contribution in [3.05, 3.63) is 66.0 Å². The molecule has 0 aliphatic heterocycles. The van der Waals surface area contributed by atoms with Crippen LogP contribution >= 0.6 is 0 Å². The van der Waals surface area contributed by atoms with Crippen molar-refractivity contribution in [2.75, 3.05) is 6.26 Å². The van der Waals surface area contributed by atoms with E-state index in [1.54, 1.807) is 24.3 Å². The fraction of sp³-hybridized carbons (Fsp3) is 0.167. The van der Waals surface area contributed by atoms with Gasteiger partial charge in [0.2, 0.25) is 0 Å². The molecule has 9 heteroatoms. The minimum atomic E-state index is -4.61. The first kappa shape index (κ1) is 19.1. The van der Waals surface area contributed by atoms with Gasteiger partial charge in [0.1, 0.15) is 5.82 Å². The lowest BCUT2D eigenvalue weighted by molar-refractivity contribution is -0.140. The van der Waals surface area contributed by atoms with Crippen LogP contribution < -0.4 is 5.73 Å². The van der Waals surface area contributed by atoms with Crippen LogP contribution in [0, 0.1) is 0 Å². The second kappa shape index (κ2) is 6.82. The normalized spacial score (nSPS) is 12.3. The molecule has 0 unspecified atom stereocenters. The molecular formula is C18H16F3N3O2S. The van der Waals surface area contributed by atoms with Crippen LogP contribution in [-0.2, 0) is 22.6 Å². The van der Waals surface area contributed by atoms with E-state index in [1.165, 1.54) is 28.8 Å². The quantitative estimate of drug-likeness (QED) is 0.734. The average molecular weight is 395 g/mol. The first-order valence-electron chi connectivity index (χ1n) is 7.86. The Hall–Kier alpha value is -2.65. The van der Waals surface area contributed by atoms with E-state index in [0.29, 0.717) is 17.8 Å². The molecule has 3 aromatic rings. The zero-order valence-electron chi connectivity index (χ0n) is 14.2. The standard InChI is InChI=1S/C18H16F3N3O2S/c1-27(25,26)15-8-6-14(7-9-15)24-11-16(18(19,20)21)23-17(24)13-4-2-12(10-22)3-5-13/h2-9,11H,10,22H2,1H3. The molecule has 2 N–H and O–H groups in total. The molecule has 0 spiro atoms. The highest BCUT2D eigenvalue weighted by Crippen LogP contribution is 2.32. The lowest BCUT2D eigenvalue weighted by Gasteiger charge is -2.09. The van der Waals surface area contributed by atoms with Crippen LogP contribution in [0.2, 0.25) is 0 Å². The fourth-order valence-electron chi connectivity index (χ4n) is 2.56. The van der Waals surface area contributed by atoms with Gasteiger partial charge in [0.05, 0.1) is 4.90 Å². The van der Waals surface area contributed by atoms with Crippen molar-refractivity contribution >= 4 is 9.84 Å². The topological polar surface area (TPSA) is 78.0 Å². The Bertz CT molecular complexity index is 1050. The maximum atomic E-state index is 13.2. The summed E-state index contributed by atoms with van der Waals surface area (Å²) < 4.78 is 64.0. The number of halogens is 3. The summed E-state index contributed by atoms with van der Waals surface area (Å²) in [5.41, 5.74) is 6.20. The summed E-state index contributed by atoms with van der Waals surface area (Å²) in [7, 11) is -3.41. The molecule has 1 aromatic heterocycles. The van der Waals surface area contributed by atoms with E-state index in [0.717, 1.165) is 18.0 Å². The van der Waals surface area contributed by atoms with Crippen LogP contribution in [0.4, 0.5) is 13.2 Å². The number of imidazole rings is 1. The summed E-state index contributed by atoms with van der Waals surface area (Å²) in [6.07, 6.45) is -2.66. The number of aromatic nitrogens is 2. The Morgan fingerprint density at radius 3 is 2.11 bits per heavy atom. The Kier molecular flexibility index (Phi) is 4.83. The highest BCUT2D eigenvalue weighted by molar-refractivity contribution is 7.90. The number of nitrogens with zero attached hydrogens (tertiary/aromatic N) is 2. The molecule has 142 valence electrons. The van der Waals surface area contributed by atoms with Gasteiger partial charge < -0.3 is 5.73 Å². The van der Waals surface area contributed by atoms with Gasteiger partial charge in [-0.15, -0.1) is 0 Å². The molecule has 0 fully saturated rings. The van der Waals surface area contributed by atoms with E-state index in [9.17, 15) is 21.6 Å². The second-order valence-corrected chi connectivity index (χ2v) is 8.00. The third-order valence-electron chi connectivity index (χ3n) is 3.99. The van der Waals surface area contributed by atoms with Gasteiger partial charge in [-0.1, -0.05) is 24.3 Å². The zero-order chi connectivity index (χ0) is 19.8. The molecule has 0 saturated heterocycles. The Balaban J connectivity index is 2.14. The highest BCUT2D eigenvalue weighted by atomic mass is 32.2. The monoisotopic (exact) mass is 395 g/mol. The highest BCUT2D eigenvalue weighted by Gasteiger charge is 2.35. The summed E-state index contributed by atoms with van der Waals surface area (Å²) in [6, 6.07) is 12.3. The summed E-state index contributed by atoms with van der Waals surface area (Å²) in [5.74, 6) is 0.0954. The molecule has 5 nitrogen and oxygen atoms in total. The first-order chi connectivity index (χ1) is 12.6. The van der Waals surface area contributed by atoms with Crippen LogP contribution in [-0.4, -0.2) is 24.2 Å². The average Bonchev–Trinajstić information content (AvgIpc) is 3.07. The maximum Gasteiger partial charge on any atom is 0.434 e. The lowest BCUT2D eigenvalue weighted by atomic mass is 10.1. The Morgan fingerprint density at radius 1 is 1.04 bits per heavy atom. The molecule has 0 bridgehead atoms. The first-order valence-corrected chi connectivity index (χ1v) is 9.75. The van der Waals surface area contributed by atoms with Crippen molar-refractivity contribution in [3.63, 3.8) is 0 Å². The van der Waals surface area contributed by atoms with Gasteiger partial charge in [-0.05, 0) is 29.8 Å². The molecule has 0 radical (unpaired) electrons. The van der Waals surface area contributed by atoms with Gasteiger partial charge in [-0.25, -0.2) is 13.4 Å². The molecule has 3 rings (SSSR count). The fourth-order valence-corrected chi connectivity index (χ4v) is 3.19. The van der Waals surface area contributed by atoms with Gasteiger partial charge in [-0.3, -0.25) is 4.57 Å². The summed E-state index contributed by atoms with van der Waals surface area (Å²) in [6.45, 7) is 0.315. The zero-order valence-corrected chi connectivity index (χ0v) is 15.1. The van der Waals surface area contributed by atoms with Gasteiger partial charge >= 0.3 is 6.18 Å². The van der Waals surface area contributed by atoms with Gasteiger partial charge in [0.15, 0.2) is 15.5 Å². The van der Waals surface area contributed by atoms with Gasteiger partial charge in [0, 0.05) is 30.2 Å². The van der Waals surface area contributed by atoms with E-state index in [-0.39, 0.29) is 10.7 Å². The van der Waals surface area contributed by atoms with Crippen molar-refractivity contribution in [2.45, 2.75) is 17.6 Å². The number of nitrogens with two attached hydrogens (primary N) is 1. The summed E-state index contributed by atoms with van der Waals surface area (Å²) in [5, 5.41) is 0. The molecular weight excluding hydrogens is 379 g/mol.